The molecule has 0 radical (unpaired) electrons. The van der Waals surface area contributed by atoms with Crippen molar-refractivity contribution in [3.05, 3.63) is 76.6 Å². The topological polar surface area (TPSA) is 51.6 Å². The van der Waals surface area contributed by atoms with Crippen molar-refractivity contribution < 1.29 is 5.11 Å². The number of thioether (sulfide) groups is 1. The van der Waals surface area contributed by atoms with Crippen LogP contribution < -0.4 is 5.32 Å². The molecule has 152 valence electrons. The SMILES string of the molecule is OC(c1ccccc1)c1cc2c(cn1)CN(SC1CCN(C3NC=CS3)CC1)C2. The second-order valence-electron chi connectivity index (χ2n) is 7.79. The van der Waals surface area contributed by atoms with Gasteiger partial charge in [-0.05, 0) is 41.0 Å². The van der Waals surface area contributed by atoms with Gasteiger partial charge in [-0.2, -0.15) is 0 Å². The molecule has 1 aromatic heterocycles. The fraction of sp³-hybridized carbons (Fsp3) is 0.409. The molecule has 3 aliphatic rings. The van der Waals surface area contributed by atoms with Gasteiger partial charge >= 0.3 is 0 Å². The van der Waals surface area contributed by atoms with Crippen LogP contribution in [0.3, 0.4) is 0 Å². The summed E-state index contributed by atoms with van der Waals surface area (Å²) in [6.07, 6.45) is 5.80. The minimum absolute atomic E-state index is 0.428. The van der Waals surface area contributed by atoms with Gasteiger partial charge in [0.25, 0.3) is 0 Å². The molecule has 2 atom stereocenters. The van der Waals surface area contributed by atoms with Gasteiger partial charge in [-0.1, -0.05) is 54.0 Å². The van der Waals surface area contributed by atoms with Crippen molar-refractivity contribution in [1.82, 2.24) is 19.5 Å². The summed E-state index contributed by atoms with van der Waals surface area (Å²) in [5, 5.41) is 16.9. The lowest BCUT2D eigenvalue weighted by Gasteiger charge is -2.36. The summed E-state index contributed by atoms with van der Waals surface area (Å²) in [7, 11) is 0. The summed E-state index contributed by atoms with van der Waals surface area (Å²) in [5.41, 5.74) is 4.65. The number of hydrogen-bond acceptors (Lipinski definition) is 7. The number of aromatic nitrogens is 1. The molecule has 5 rings (SSSR count). The number of aliphatic hydroxyl groups excluding tert-OH is 1. The molecular formula is C22H26N4OS2. The fourth-order valence-corrected chi connectivity index (χ4v) is 6.31. The molecule has 1 aromatic carbocycles. The van der Waals surface area contributed by atoms with E-state index < -0.39 is 6.10 Å². The molecular weight excluding hydrogens is 400 g/mol. The van der Waals surface area contributed by atoms with Crippen molar-refractivity contribution >= 4 is 23.7 Å². The molecule has 2 unspecified atom stereocenters. The van der Waals surface area contributed by atoms with Crippen LogP contribution in [0.2, 0.25) is 0 Å². The first-order valence-electron chi connectivity index (χ1n) is 10.2. The average molecular weight is 427 g/mol. The molecule has 2 aromatic rings. The van der Waals surface area contributed by atoms with Crippen LogP contribution in [-0.4, -0.2) is 43.1 Å². The van der Waals surface area contributed by atoms with E-state index in [1.807, 2.05) is 60.2 Å². The number of nitrogens with one attached hydrogen (secondary N) is 1. The lowest BCUT2D eigenvalue weighted by molar-refractivity contribution is 0.206. The molecule has 1 saturated heterocycles. The summed E-state index contributed by atoms with van der Waals surface area (Å²) in [6.45, 7) is 4.18. The molecule has 0 aliphatic carbocycles. The Bertz CT molecular complexity index is 862. The zero-order valence-electron chi connectivity index (χ0n) is 16.3. The molecule has 4 heterocycles. The zero-order chi connectivity index (χ0) is 19.6. The third kappa shape index (κ3) is 4.34. The van der Waals surface area contributed by atoms with E-state index in [4.69, 9.17) is 0 Å². The first-order chi connectivity index (χ1) is 14.3. The van der Waals surface area contributed by atoms with E-state index in [0.717, 1.165) is 37.4 Å². The number of likely N-dealkylation sites (tertiary alicyclic amines) is 1. The first kappa shape index (κ1) is 19.5. The predicted molar refractivity (Wildman–Crippen MR) is 120 cm³/mol. The monoisotopic (exact) mass is 426 g/mol. The molecule has 29 heavy (non-hydrogen) atoms. The van der Waals surface area contributed by atoms with E-state index in [0.29, 0.717) is 10.7 Å². The smallest absolute Gasteiger partial charge is 0.131 e. The molecule has 0 amide bonds. The van der Waals surface area contributed by atoms with Crippen LogP contribution in [-0.2, 0) is 13.1 Å². The Morgan fingerprint density at radius 1 is 1.14 bits per heavy atom. The number of rotatable bonds is 5. The Hall–Kier alpha value is -1.51. The Kier molecular flexibility index (Phi) is 5.83. The highest BCUT2D eigenvalue weighted by Crippen LogP contribution is 2.36. The zero-order valence-corrected chi connectivity index (χ0v) is 17.9. The van der Waals surface area contributed by atoms with Gasteiger partial charge in [0.05, 0.1) is 5.69 Å². The lowest BCUT2D eigenvalue weighted by Crippen LogP contribution is -2.45. The van der Waals surface area contributed by atoms with Crippen LogP contribution in [0, 0.1) is 0 Å². The van der Waals surface area contributed by atoms with Crippen molar-refractivity contribution in [3.8, 4) is 0 Å². The van der Waals surface area contributed by atoms with Gasteiger partial charge in [-0.15, -0.1) is 0 Å². The van der Waals surface area contributed by atoms with Crippen molar-refractivity contribution in [3.63, 3.8) is 0 Å². The third-order valence-electron chi connectivity index (χ3n) is 5.81. The predicted octanol–water partition coefficient (Wildman–Crippen LogP) is 3.68. The number of hydrogen-bond donors (Lipinski definition) is 2. The van der Waals surface area contributed by atoms with Gasteiger partial charge in [0.2, 0.25) is 0 Å². The Balaban J connectivity index is 1.17. The average Bonchev–Trinajstić information content (AvgIpc) is 3.43. The Morgan fingerprint density at radius 2 is 1.93 bits per heavy atom. The van der Waals surface area contributed by atoms with Crippen molar-refractivity contribution in [1.29, 1.82) is 0 Å². The minimum Gasteiger partial charge on any atom is -0.382 e. The number of aliphatic hydroxyl groups is 1. The standard InChI is InChI=1S/C22H26N4OS2/c27-21(16-4-2-1-3-5-16)20-12-17-14-26(15-18(17)13-24-20)29-19-6-9-25(10-7-19)22-23-8-11-28-22/h1-5,8,11-13,19,21-23,27H,6-7,9-10,14-15H2. The summed E-state index contributed by atoms with van der Waals surface area (Å²) in [5.74, 6) is 0. The van der Waals surface area contributed by atoms with Crippen molar-refractivity contribution in [2.24, 2.45) is 0 Å². The molecule has 0 saturated carbocycles. The van der Waals surface area contributed by atoms with Crippen LogP contribution >= 0.6 is 23.7 Å². The van der Waals surface area contributed by atoms with E-state index in [9.17, 15) is 5.11 Å². The molecule has 0 bridgehead atoms. The maximum atomic E-state index is 10.7. The molecule has 1 fully saturated rings. The highest BCUT2D eigenvalue weighted by Gasteiger charge is 2.29. The van der Waals surface area contributed by atoms with E-state index >= 15 is 0 Å². The van der Waals surface area contributed by atoms with E-state index in [-0.39, 0.29) is 0 Å². The lowest BCUT2D eigenvalue weighted by atomic mass is 10.0. The van der Waals surface area contributed by atoms with E-state index in [1.54, 1.807) is 0 Å². The van der Waals surface area contributed by atoms with Crippen LogP contribution in [0.15, 0.2) is 54.2 Å². The highest BCUT2D eigenvalue weighted by atomic mass is 32.2. The van der Waals surface area contributed by atoms with Crippen LogP contribution in [0.4, 0.5) is 0 Å². The van der Waals surface area contributed by atoms with Gasteiger partial charge in [0, 0.05) is 43.8 Å². The molecule has 3 aliphatic heterocycles. The van der Waals surface area contributed by atoms with Gasteiger partial charge in [-0.3, -0.25) is 9.88 Å². The number of fused-ring (bicyclic) bond motifs is 1. The normalized spacial score (nSPS) is 23.8. The molecule has 5 nitrogen and oxygen atoms in total. The number of nitrogens with zero attached hydrogens (tertiary/aromatic N) is 3. The number of pyridine rings is 1. The first-order valence-corrected chi connectivity index (χ1v) is 12.0. The Labute approximate surface area is 180 Å². The number of piperidine rings is 1. The maximum absolute atomic E-state index is 10.7. The third-order valence-corrected chi connectivity index (χ3v) is 8.12. The quantitative estimate of drug-likeness (QED) is 0.707. The Morgan fingerprint density at radius 3 is 2.69 bits per heavy atom. The largest absolute Gasteiger partial charge is 0.382 e. The fourth-order valence-electron chi connectivity index (χ4n) is 4.19. The summed E-state index contributed by atoms with van der Waals surface area (Å²) >= 11 is 3.88. The summed E-state index contributed by atoms with van der Waals surface area (Å²) < 4.78 is 2.47. The summed E-state index contributed by atoms with van der Waals surface area (Å²) in [4.78, 5) is 7.10. The molecule has 2 N–H and O–H groups in total. The van der Waals surface area contributed by atoms with Crippen molar-refractivity contribution in [2.75, 3.05) is 13.1 Å². The molecule has 0 spiro atoms. The van der Waals surface area contributed by atoms with Crippen LogP contribution in [0.5, 0.6) is 0 Å². The van der Waals surface area contributed by atoms with Gasteiger partial charge in [0.15, 0.2) is 0 Å². The second kappa shape index (κ2) is 8.70. The van der Waals surface area contributed by atoms with Crippen LogP contribution in [0.1, 0.15) is 41.3 Å². The van der Waals surface area contributed by atoms with Gasteiger partial charge in [-0.25, -0.2) is 4.31 Å². The second-order valence-corrected chi connectivity index (χ2v) is 10.2. The van der Waals surface area contributed by atoms with Crippen molar-refractivity contribution in [2.45, 2.75) is 42.8 Å². The van der Waals surface area contributed by atoms with Gasteiger partial charge < -0.3 is 10.4 Å². The van der Waals surface area contributed by atoms with Gasteiger partial charge in [0.1, 0.15) is 11.6 Å². The minimum atomic E-state index is -0.663. The highest BCUT2D eigenvalue weighted by molar-refractivity contribution is 8.02. The molecule has 7 heteroatoms. The number of benzene rings is 1. The van der Waals surface area contributed by atoms with E-state index in [1.165, 1.54) is 24.0 Å². The summed E-state index contributed by atoms with van der Waals surface area (Å²) in [6, 6.07) is 11.9. The van der Waals surface area contributed by atoms with Crippen LogP contribution in [0.25, 0.3) is 0 Å². The maximum Gasteiger partial charge on any atom is 0.131 e. The van der Waals surface area contributed by atoms with E-state index in [2.05, 4.69) is 37.2 Å².